The van der Waals surface area contributed by atoms with Gasteiger partial charge in [0.15, 0.2) is 0 Å². The van der Waals surface area contributed by atoms with Crippen molar-refractivity contribution in [1.82, 2.24) is 8.75 Å². The Morgan fingerprint density at radius 3 is 2.53 bits per heavy atom. The van der Waals surface area contributed by atoms with Crippen LogP contribution in [0, 0.1) is 17.8 Å². The third kappa shape index (κ3) is 2.55. The van der Waals surface area contributed by atoms with E-state index in [1.54, 1.807) is 0 Å². The number of hydrogen-bond donors (Lipinski definition) is 1. The molecular formula is C11H19N3S. The average molecular weight is 225 g/mol. The summed E-state index contributed by atoms with van der Waals surface area (Å²) in [6.45, 7) is 4.66. The van der Waals surface area contributed by atoms with Gasteiger partial charge in [0, 0.05) is 0 Å². The van der Waals surface area contributed by atoms with E-state index in [0.717, 1.165) is 17.5 Å². The largest absolute Gasteiger partial charge is 0.322 e. The molecule has 15 heavy (non-hydrogen) atoms. The lowest BCUT2D eigenvalue weighted by molar-refractivity contribution is 0.192. The van der Waals surface area contributed by atoms with Gasteiger partial charge in [-0.05, 0) is 37.0 Å². The summed E-state index contributed by atoms with van der Waals surface area (Å²) in [4.78, 5) is 0. The third-order valence-corrected chi connectivity index (χ3v) is 3.93. The Morgan fingerprint density at radius 2 is 2.00 bits per heavy atom. The molecule has 3 nitrogen and oxygen atoms in total. The molecular weight excluding hydrogens is 206 g/mol. The first kappa shape index (κ1) is 11.0. The Morgan fingerprint density at radius 1 is 1.33 bits per heavy atom. The maximum atomic E-state index is 6.24. The Kier molecular flexibility index (Phi) is 3.36. The second-order valence-corrected chi connectivity index (χ2v) is 5.59. The van der Waals surface area contributed by atoms with Crippen molar-refractivity contribution in [2.75, 3.05) is 0 Å². The van der Waals surface area contributed by atoms with Gasteiger partial charge in [-0.1, -0.05) is 13.8 Å². The van der Waals surface area contributed by atoms with Crippen LogP contribution in [0.5, 0.6) is 0 Å². The molecule has 1 aliphatic carbocycles. The first-order valence-corrected chi connectivity index (χ1v) is 6.43. The Balaban J connectivity index is 2.03. The highest BCUT2D eigenvalue weighted by molar-refractivity contribution is 6.99. The van der Waals surface area contributed by atoms with Gasteiger partial charge in [0.1, 0.15) is 0 Å². The second-order valence-electron chi connectivity index (χ2n) is 5.04. The molecule has 0 radical (unpaired) electrons. The van der Waals surface area contributed by atoms with E-state index in [1.807, 2.05) is 6.20 Å². The lowest BCUT2D eigenvalue weighted by Crippen LogP contribution is -2.29. The highest BCUT2D eigenvalue weighted by atomic mass is 32.1. The Hall–Kier alpha value is -0.480. The number of aromatic nitrogens is 2. The van der Waals surface area contributed by atoms with E-state index < -0.39 is 0 Å². The van der Waals surface area contributed by atoms with Crippen molar-refractivity contribution in [3.63, 3.8) is 0 Å². The normalized spacial score (nSPS) is 33.9. The van der Waals surface area contributed by atoms with Gasteiger partial charge in [-0.15, -0.1) is 0 Å². The van der Waals surface area contributed by atoms with Crippen molar-refractivity contribution in [1.29, 1.82) is 0 Å². The van der Waals surface area contributed by atoms with Crippen LogP contribution in [0.3, 0.4) is 0 Å². The molecule has 0 spiro atoms. The van der Waals surface area contributed by atoms with Crippen molar-refractivity contribution in [2.45, 2.75) is 39.2 Å². The van der Waals surface area contributed by atoms with Crippen molar-refractivity contribution in [3.05, 3.63) is 11.9 Å². The molecule has 1 aromatic heterocycles. The van der Waals surface area contributed by atoms with E-state index in [1.165, 1.54) is 31.0 Å². The maximum Gasteiger partial charge on any atom is 0.0912 e. The van der Waals surface area contributed by atoms with Crippen LogP contribution in [0.1, 0.15) is 44.8 Å². The highest BCUT2D eigenvalue weighted by Gasteiger charge is 2.29. The molecule has 1 saturated carbocycles. The molecule has 3 unspecified atom stereocenters. The van der Waals surface area contributed by atoms with E-state index in [4.69, 9.17) is 5.73 Å². The molecule has 1 heterocycles. The van der Waals surface area contributed by atoms with Gasteiger partial charge < -0.3 is 5.73 Å². The molecule has 1 aromatic rings. The second kappa shape index (κ2) is 4.58. The zero-order chi connectivity index (χ0) is 10.8. The standard InChI is InChI=1S/C11H19N3S/c1-7-3-8(2)5-9(4-7)11(12)10-6-13-15-14-10/h6-9,11H,3-5,12H2,1-2H3. The predicted octanol–water partition coefficient (Wildman–Crippen LogP) is 2.61. The smallest absolute Gasteiger partial charge is 0.0912 e. The maximum absolute atomic E-state index is 6.24. The molecule has 2 rings (SSSR count). The molecule has 0 aromatic carbocycles. The van der Waals surface area contributed by atoms with E-state index in [2.05, 4.69) is 22.6 Å². The van der Waals surface area contributed by atoms with E-state index in [9.17, 15) is 0 Å². The Labute approximate surface area is 95.4 Å². The van der Waals surface area contributed by atoms with Crippen LogP contribution in [-0.4, -0.2) is 8.75 Å². The first-order chi connectivity index (χ1) is 7.16. The van der Waals surface area contributed by atoms with Crippen molar-refractivity contribution in [2.24, 2.45) is 23.5 Å². The van der Waals surface area contributed by atoms with Crippen molar-refractivity contribution >= 4 is 11.7 Å². The first-order valence-electron chi connectivity index (χ1n) is 5.70. The van der Waals surface area contributed by atoms with E-state index >= 15 is 0 Å². The lowest BCUT2D eigenvalue weighted by Gasteiger charge is -2.34. The zero-order valence-electron chi connectivity index (χ0n) is 9.39. The molecule has 1 fully saturated rings. The van der Waals surface area contributed by atoms with Crippen LogP contribution in [0.2, 0.25) is 0 Å². The fourth-order valence-electron chi connectivity index (χ4n) is 2.86. The minimum atomic E-state index is 0.0916. The summed E-state index contributed by atoms with van der Waals surface area (Å²) in [5.74, 6) is 2.19. The number of nitrogens with zero attached hydrogens (tertiary/aromatic N) is 2. The van der Waals surface area contributed by atoms with Gasteiger partial charge in [-0.3, -0.25) is 0 Å². The summed E-state index contributed by atoms with van der Waals surface area (Å²) in [5.41, 5.74) is 7.22. The quantitative estimate of drug-likeness (QED) is 0.841. The molecule has 4 heteroatoms. The summed E-state index contributed by atoms with van der Waals surface area (Å²) in [6, 6.07) is 0.0916. The van der Waals surface area contributed by atoms with Crippen LogP contribution < -0.4 is 5.73 Å². The molecule has 0 saturated heterocycles. The summed E-state index contributed by atoms with van der Waals surface area (Å²) >= 11 is 1.25. The molecule has 1 aliphatic rings. The average Bonchev–Trinajstić information content (AvgIpc) is 2.67. The van der Waals surface area contributed by atoms with Crippen LogP contribution in [0.15, 0.2) is 6.20 Å². The van der Waals surface area contributed by atoms with Crippen LogP contribution in [0.4, 0.5) is 0 Å². The summed E-state index contributed by atoms with van der Waals surface area (Å²) in [7, 11) is 0. The SMILES string of the molecule is CC1CC(C)CC(C(N)c2cnsn2)C1. The topological polar surface area (TPSA) is 51.8 Å². The lowest BCUT2D eigenvalue weighted by atomic mass is 9.73. The summed E-state index contributed by atoms with van der Waals surface area (Å²) < 4.78 is 8.27. The van der Waals surface area contributed by atoms with Crippen LogP contribution in [-0.2, 0) is 0 Å². The fourth-order valence-corrected chi connectivity index (χ4v) is 3.33. The monoisotopic (exact) mass is 225 g/mol. The van der Waals surface area contributed by atoms with Gasteiger partial charge in [0.05, 0.1) is 29.7 Å². The van der Waals surface area contributed by atoms with Crippen LogP contribution in [0.25, 0.3) is 0 Å². The summed E-state index contributed by atoms with van der Waals surface area (Å²) in [6.07, 6.45) is 5.64. The van der Waals surface area contributed by atoms with Gasteiger partial charge in [0.2, 0.25) is 0 Å². The van der Waals surface area contributed by atoms with E-state index in [0.29, 0.717) is 5.92 Å². The number of rotatable bonds is 2. The van der Waals surface area contributed by atoms with Crippen LogP contribution >= 0.6 is 11.7 Å². The molecule has 0 aliphatic heterocycles. The van der Waals surface area contributed by atoms with Crippen molar-refractivity contribution in [3.8, 4) is 0 Å². The minimum Gasteiger partial charge on any atom is -0.322 e. The highest BCUT2D eigenvalue weighted by Crippen LogP contribution is 2.38. The molecule has 2 N–H and O–H groups in total. The summed E-state index contributed by atoms with van der Waals surface area (Å²) in [5, 5.41) is 0. The molecule has 84 valence electrons. The van der Waals surface area contributed by atoms with Gasteiger partial charge >= 0.3 is 0 Å². The van der Waals surface area contributed by atoms with E-state index in [-0.39, 0.29) is 6.04 Å². The zero-order valence-corrected chi connectivity index (χ0v) is 10.2. The fraction of sp³-hybridized carbons (Fsp3) is 0.818. The van der Waals surface area contributed by atoms with Gasteiger partial charge in [-0.2, -0.15) is 8.75 Å². The van der Waals surface area contributed by atoms with Gasteiger partial charge in [-0.25, -0.2) is 0 Å². The Bertz CT molecular complexity index is 289. The number of hydrogen-bond acceptors (Lipinski definition) is 4. The minimum absolute atomic E-state index is 0.0916. The van der Waals surface area contributed by atoms with Crippen molar-refractivity contribution < 1.29 is 0 Å². The molecule has 3 atom stereocenters. The van der Waals surface area contributed by atoms with Gasteiger partial charge in [0.25, 0.3) is 0 Å². The number of nitrogens with two attached hydrogens (primary N) is 1. The molecule has 0 amide bonds. The predicted molar refractivity (Wildman–Crippen MR) is 62.5 cm³/mol. The third-order valence-electron chi connectivity index (χ3n) is 3.44. The molecule has 0 bridgehead atoms.